The van der Waals surface area contributed by atoms with Gasteiger partial charge in [-0.1, -0.05) is 18.2 Å². The molecule has 0 heterocycles. The van der Waals surface area contributed by atoms with Crippen molar-refractivity contribution in [3.8, 4) is 11.8 Å². The molecule has 0 aromatic heterocycles. The zero-order chi connectivity index (χ0) is 12.8. The van der Waals surface area contributed by atoms with Gasteiger partial charge in [0.05, 0.1) is 6.07 Å². The Morgan fingerprint density at radius 3 is 2.89 bits per heavy atom. The fraction of sp³-hybridized carbons (Fsp3) is 0.500. The first-order valence-electron chi connectivity index (χ1n) is 6.30. The second-order valence-electron chi connectivity index (χ2n) is 4.51. The van der Waals surface area contributed by atoms with Crippen LogP contribution in [0.15, 0.2) is 24.3 Å². The zero-order valence-electron chi connectivity index (χ0n) is 10.3. The standard InChI is InChI=1S/C14H18N2O2/c15-9-13(16-12-5-6-12)10-18-14-4-2-1-3-11(14)7-8-17/h1-4,12-13,16-17H,5-8,10H2. The third-order valence-electron chi connectivity index (χ3n) is 2.93. The lowest BCUT2D eigenvalue weighted by molar-refractivity contribution is 0.275. The van der Waals surface area contributed by atoms with Crippen LogP contribution in [-0.2, 0) is 6.42 Å². The Morgan fingerprint density at radius 1 is 1.44 bits per heavy atom. The maximum absolute atomic E-state index is 9.02. The number of hydrogen-bond acceptors (Lipinski definition) is 4. The number of rotatable bonds is 7. The fourth-order valence-electron chi connectivity index (χ4n) is 1.80. The highest BCUT2D eigenvalue weighted by Crippen LogP contribution is 2.21. The average molecular weight is 246 g/mol. The van der Waals surface area contributed by atoms with E-state index in [9.17, 15) is 0 Å². The van der Waals surface area contributed by atoms with Gasteiger partial charge in [-0.15, -0.1) is 0 Å². The number of benzene rings is 1. The van der Waals surface area contributed by atoms with E-state index < -0.39 is 0 Å². The number of nitrogens with one attached hydrogen (secondary N) is 1. The van der Waals surface area contributed by atoms with E-state index in [0.717, 1.165) is 24.2 Å². The van der Waals surface area contributed by atoms with E-state index in [1.807, 2.05) is 24.3 Å². The summed E-state index contributed by atoms with van der Waals surface area (Å²) in [4.78, 5) is 0. The molecule has 1 aliphatic carbocycles. The highest BCUT2D eigenvalue weighted by Gasteiger charge is 2.24. The van der Waals surface area contributed by atoms with Crippen LogP contribution in [0.4, 0.5) is 0 Å². The number of hydrogen-bond donors (Lipinski definition) is 2. The molecule has 1 atom stereocenters. The summed E-state index contributed by atoms with van der Waals surface area (Å²) in [6.07, 6.45) is 2.88. The van der Waals surface area contributed by atoms with Gasteiger partial charge in [0.15, 0.2) is 0 Å². The second kappa shape index (κ2) is 6.39. The number of ether oxygens (including phenoxy) is 1. The SMILES string of the molecule is N#CC(COc1ccccc1CCO)NC1CC1. The Bertz CT molecular complexity index is 424. The van der Waals surface area contributed by atoms with Gasteiger partial charge in [0, 0.05) is 12.6 Å². The molecule has 96 valence electrons. The van der Waals surface area contributed by atoms with Crippen molar-refractivity contribution in [2.45, 2.75) is 31.3 Å². The van der Waals surface area contributed by atoms with E-state index in [2.05, 4.69) is 11.4 Å². The van der Waals surface area contributed by atoms with E-state index in [4.69, 9.17) is 15.1 Å². The van der Waals surface area contributed by atoms with Crippen molar-refractivity contribution in [2.24, 2.45) is 0 Å². The van der Waals surface area contributed by atoms with Gasteiger partial charge in [0.25, 0.3) is 0 Å². The minimum atomic E-state index is -0.264. The Morgan fingerprint density at radius 2 is 2.22 bits per heavy atom. The molecule has 0 aliphatic heterocycles. The molecular weight excluding hydrogens is 228 g/mol. The lowest BCUT2D eigenvalue weighted by Gasteiger charge is -2.14. The van der Waals surface area contributed by atoms with Crippen molar-refractivity contribution < 1.29 is 9.84 Å². The predicted octanol–water partition coefficient (Wildman–Crippen LogP) is 1.24. The Balaban J connectivity index is 1.89. The van der Waals surface area contributed by atoms with Crippen molar-refractivity contribution in [3.63, 3.8) is 0 Å². The first-order valence-corrected chi connectivity index (χ1v) is 6.30. The van der Waals surface area contributed by atoms with Crippen LogP contribution in [0.2, 0.25) is 0 Å². The lowest BCUT2D eigenvalue weighted by atomic mass is 10.1. The summed E-state index contributed by atoms with van der Waals surface area (Å²) < 4.78 is 5.68. The zero-order valence-corrected chi connectivity index (χ0v) is 10.3. The Hall–Kier alpha value is -1.57. The van der Waals surface area contributed by atoms with Crippen LogP contribution >= 0.6 is 0 Å². The smallest absolute Gasteiger partial charge is 0.130 e. The summed E-state index contributed by atoms with van der Waals surface area (Å²) in [7, 11) is 0. The summed E-state index contributed by atoms with van der Waals surface area (Å²) in [5.41, 5.74) is 0.975. The van der Waals surface area contributed by atoms with Crippen molar-refractivity contribution >= 4 is 0 Å². The van der Waals surface area contributed by atoms with Gasteiger partial charge in [0.1, 0.15) is 18.4 Å². The second-order valence-corrected chi connectivity index (χ2v) is 4.51. The molecule has 1 fully saturated rings. The summed E-state index contributed by atoms with van der Waals surface area (Å²) in [6, 6.07) is 10.1. The van der Waals surface area contributed by atoms with Gasteiger partial charge in [-0.2, -0.15) is 5.26 Å². The van der Waals surface area contributed by atoms with Gasteiger partial charge in [-0.3, -0.25) is 5.32 Å². The normalized spacial score (nSPS) is 16.0. The summed E-state index contributed by atoms with van der Waals surface area (Å²) in [5, 5.41) is 21.2. The fourth-order valence-corrected chi connectivity index (χ4v) is 1.80. The van der Waals surface area contributed by atoms with E-state index in [1.165, 1.54) is 0 Å². The van der Waals surface area contributed by atoms with Gasteiger partial charge >= 0.3 is 0 Å². The van der Waals surface area contributed by atoms with Crippen LogP contribution < -0.4 is 10.1 Å². The van der Waals surface area contributed by atoms with Crippen molar-refractivity contribution in [3.05, 3.63) is 29.8 Å². The number of aliphatic hydroxyl groups is 1. The number of aliphatic hydroxyl groups excluding tert-OH is 1. The average Bonchev–Trinajstić information content (AvgIpc) is 3.20. The predicted molar refractivity (Wildman–Crippen MR) is 68.3 cm³/mol. The van der Waals surface area contributed by atoms with Gasteiger partial charge in [-0.05, 0) is 30.9 Å². The van der Waals surface area contributed by atoms with Crippen molar-refractivity contribution in [2.75, 3.05) is 13.2 Å². The molecule has 2 N–H and O–H groups in total. The molecule has 1 aromatic rings. The van der Waals surface area contributed by atoms with E-state index in [0.29, 0.717) is 19.1 Å². The van der Waals surface area contributed by atoms with E-state index in [1.54, 1.807) is 0 Å². The van der Waals surface area contributed by atoms with Gasteiger partial charge < -0.3 is 9.84 Å². The molecule has 1 unspecified atom stereocenters. The minimum absolute atomic E-state index is 0.0996. The Labute approximate surface area is 107 Å². The molecule has 4 nitrogen and oxygen atoms in total. The number of nitriles is 1. The Kier molecular flexibility index (Phi) is 4.57. The largest absolute Gasteiger partial charge is 0.491 e. The van der Waals surface area contributed by atoms with Gasteiger partial charge in [0.2, 0.25) is 0 Å². The topological polar surface area (TPSA) is 65.3 Å². The highest BCUT2D eigenvalue weighted by atomic mass is 16.5. The third-order valence-corrected chi connectivity index (χ3v) is 2.93. The van der Waals surface area contributed by atoms with Crippen LogP contribution in [0.1, 0.15) is 18.4 Å². The molecule has 1 saturated carbocycles. The van der Waals surface area contributed by atoms with Crippen LogP contribution in [0, 0.1) is 11.3 Å². The first-order chi connectivity index (χ1) is 8.83. The van der Waals surface area contributed by atoms with Crippen LogP contribution in [0.5, 0.6) is 5.75 Å². The molecule has 0 saturated heterocycles. The maximum atomic E-state index is 9.02. The molecule has 2 rings (SSSR count). The molecule has 0 amide bonds. The van der Waals surface area contributed by atoms with Crippen LogP contribution in [0.25, 0.3) is 0 Å². The van der Waals surface area contributed by atoms with Crippen molar-refractivity contribution in [1.82, 2.24) is 5.32 Å². The summed E-state index contributed by atoms with van der Waals surface area (Å²) >= 11 is 0. The van der Waals surface area contributed by atoms with Gasteiger partial charge in [-0.25, -0.2) is 0 Å². The van der Waals surface area contributed by atoms with E-state index >= 15 is 0 Å². The number of para-hydroxylation sites is 1. The first kappa shape index (κ1) is 12.9. The van der Waals surface area contributed by atoms with E-state index in [-0.39, 0.29) is 12.6 Å². The minimum Gasteiger partial charge on any atom is -0.491 e. The summed E-state index contributed by atoms with van der Waals surface area (Å²) in [5.74, 6) is 0.754. The maximum Gasteiger partial charge on any atom is 0.130 e. The molecule has 1 aliphatic rings. The quantitative estimate of drug-likeness (QED) is 0.760. The summed E-state index contributed by atoms with van der Waals surface area (Å²) in [6.45, 7) is 0.442. The third kappa shape index (κ3) is 3.73. The molecule has 0 bridgehead atoms. The lowest BCUT2D eigenvalue weighted by Crippen LogP contribution is -2.34. The van der Waals surface area contributed by atoms with Crippen LogP contribution in [-0.4, -0.2) is 30.4 Å². The van der Waals surface area contributed by atoms with Crippen molar-refractivity contribution in [1.29, 1.82) is 5.26 Å². The molecular formula is C14H18N2O2. The molecule has 4 heteroatoms. The molecule has 18 heavy (non-hydrogen) atoms. The van der Waals surface area contributed by atoms with Crippen LogP contribution in [0.3, 0.4) is 0 Å². The molecule has 1 aromatic carbocycles. The molecule has 0 radical (unpaired) electrons. The highest BCUT2D eigenvalue weighted by molar-refractivity contribution is 5.33. The number of nitrogens with zero attached hydrogens (tertiary/aromatic N) is 1. The monoisotopic (exact) mass is 246 g/mol. The molecule has 0 spiro atoms.